The summed E-state index contributed by atoms with van der Waals surface area (Å²) in [5, 5.41) is 1.04. The Hall–Kier alpha value is -0.490. The molecule has 1 atom stereocenters. The standard InChI is InChI=1S/C14H17Cl/c1-9-6-7-12-13(15)8-10-4-2-3-5-11(10)14(9)12/h8-9H,2-7H2,1H3. The second-order valence-corrected chi connectivity index (χ2v) is 5.44. The summed E-state index contributed by atoms with van der Waals surface area (Å²) in [5.41, 5.74) is 6.28. The maximum atomic E-state index is 6.37. The first-order valence-corrected chi connectivity index (χ1v) is 6.48. The third kappa shape index (κ3) is 1.42. The van der Waals surface area contributed by atoms with E-state index in [2.05, 4.69) is 13.0 Å². The number of hydrogen-bond donors (Lipinski definition) is 0. The van der Waals surface area contributed by atoms with Gasteiger partial charge in [-0.05, 0) is 72.8 Å². The molecule has 0 heterocycles. The molecule has 1 unspecified atom stereocenters. The van der Waals surface area contributed by atoms with E-state index in [9.17, 15) is 0 Å². The largest absolute Gasteiger partial charge is 0.0840 e. The van der Waals surface area contributed by atoms with Crippen LogP contribution in [0.25, 0.3) is 0 Å². The fourth-order valence-electron chi connectivity index (χ4n) is 3.30. The molecule has 0 bridgehead atoms. The van der Waals surface area contributed by atoms with Gasteiger partial charge in [0, 0.05) is 5.02 Å². The highest BCUT2D eigenvalue weighted by Crippen LogP contribution is 2.42. The third-order valence-corrected chi connectivity index (χ3v) is 4.41. The van der Waals surface area contributed by atoms with Crippen molar-refractivity contribution in [3.63, 3.8) is 0 Å². The summed E-state index contributed by atoms with van der Waals surface area (Å²) in [5.74, 6) is 0.741. The van der Waals surface area contributed by atoms with E-state index in [-0.39, 0.29) is 0 Å². The molecule has 1 aromatic rings. The highest BCUT2D eigenvalue weighted by atomic mass is 35.5. The molecule has 2 aliphatic carbocycles. The zero-order valence-electron chi connectivity index (χ0n) is 9.28. The first kappa shape index (κ1) is 9.72. The first-order valence-electron chi connectivity index (χ1n) is 6.10. The van der Waals surface area contributed by atoms with Crippen LogP contribution >= 0.6 is 11.6 Å². The predicted octanol–water partition coefficient (Wildman–Crippen LogP) is 4.27. The Kier molecular flexibility index (Phi) is 2.28. The summed E-state index contributed by atoms with van der Waals surface area (Å²) < 4.78 is 0. The average Bonchev–Trinajstić information content (AvgIpc) is 2.62. The highest BCUT2D eigenvalue weighted by Gasteiger charge is 2.27. The molecule has 2 aliphatic rings. The Morgan fingerprint density at radius 1 is 1.13 bits per heavy atom. The van der Waals surface area contributed by atoms with Gasteiger partial charge >= 0.3 is 0 Å². The SMILES string of the molecule is CC1CCc2c(Cl)cc3c(c21)CCCC3. The monoisotopic (exact) mass is 220 g/mol. The van der Waals surface area contributed by atoms with Crippen LogP contribution in [0.3, 0.4) is 0 Å². The Morgan fingerprint density at radius 2 is 1.93 bits per heavy atom. The lowest BCUT2D eigenvalue weighted by atomic mass is 9.84. The van der Waals surface area contributed by atoms with Crippen molar-refractivity contribution < 1.29 is 0 Å². The van der Waals surface area contributed by atoms with Crippen molar-refractivity contribution in [2.75, 3.05) is 0 Å². The molecule has 1 aromatic carbocycles. The number of halogens is 1. The molecule has 0 fully saturated rings. The lowest BCUT2D eigenvalue weighted by Gasteiger charge is -2.22. The van der Waals surface area contributed by atoms with Gasteiger partial charge < -0.3 is 0 Å². The van der Waals surface area contributed by atoms with Crippen molar-refractivity contribution >= 4 is 11.6 Å². The normalized spacial score (nSPS) is 23.7. The van der Waals surface area contributed by atoms with Crippen LogP contribution in [0.2, 0.25) is 5.02 Å². The van der Waals surface area contributed by atoms with Crippen molar-refractivity contribution in [1.82, 2.24) is 0 Å². The first-order chi connectivity index (χ1) is 7.27. The zero-order chi connectivity index (χ0) is 10.4. The molecular formula is C14H17Cl. The molecule has 0 saturated heterocycles. The van der Waals surface area contributed by atoms with E-state index in [1.807, 2.05) is 0 Å². The van der Waals surface area contributed by atoms with Crippen molar-refractivity contribution in [3.05, 3.63) is 33.3 Å². The lowest BCUT2D eigenvalue weighted by Crippen LogP contribution is -2.08. The molecule has 0 N–H and O–H groups in total. The third-order valence-electron chi connectivity index (χ3n) is 4.07. The fourth-order valence-corrected chi connectivity index (χ4v) is 3.63. The van der Waals surface area contributed by atoms with Crippen LogP contribution in [-0.2, 0) is 19.3 Å². The van der Waals surface area contributed by atoms with Gasteiger partial charge in [-0.2, -0.15) is 0 Å². The summed E-state index contributed by atoms with van der Waals surface area (Å²) >= 11 is 6.37. The molecule has 0 spiro atoms. The minimum atomic E-state index is 0.741. The van der Waals surface area contributed by atoms with Gasteiger partial charge in [-0.3, -0.25) is 0 Å². The molecule has 15 heavy (non-hydrogen) atoms. The molecule has 0 aliphatic heterocycles. The maximum absolute atomic E-state index is 6.37. The molecule has 0 aromatic heterocycles. The summed E-state index contributed by atoms with van der Waals surface area (Å²) in [6, 6.07) is 2.24. The van der Waals surface area contributed by atoms with Crippen LogP contribution in [0.1, 0.15) is 54.4 Å². The number of aryl methyl sites for hydroxylation is 1. The summed E-state index contributed by atoms with van der Waals surface area (Å²) in [6.07, 6.45) is 7.74. The molecular weight excluding hydrogens is 204 g/mol. The maximum Gasteiger partial charge on any atom is 0.0443 e. The molecule has 80 valence electrons. The highest BCUT2D eigenvalue weighted by molar-refractivity contribution is 6.31. The average molecular weight is 221 g/mol. The number of benzene rings is 1. The van der Waals surface area contributed by atoms with Gasteiger partial charge in [0.2, 0.25) is 0 Å². The summed E-state index contributed by atoms with van der Waals surface area (Å²) in [6.45, 7) is 2.36. The minimum Gasteiger partial charge on any atom is -0.0840 e. The molecule has 0 saturated carbocycles. The number of hydrogen-bond acceptors (Lipinski definition) is 0. The topological polar surface area (TPSA) is 0 Å². The minimum absolute atomic E-state index is 0.741. The van der Waals surface area contributed by atoms with Crippen LogP contribution in [0, 0.1) is 0 Å². The van der Waals surface area contributed by atoms with Crippen molar-refractivity contribution in [3.8, 4) is 0 Å². The zero-order valence-corrected chi connectivity index (χ0v) is 10.0. The predicted molar refractivity (Wildman–Crippen MR) is 64.8 cm³/mol. The van der Waals surface area contributed by atoms with E-state index < -0.39 is 0 Å². The van der Waals surface area contributed by atoms with Crippen molar-refractivity contribution in [2.45, 2.75) is 51.4 Å². The fraction of sp³-hybridized carbons (Fsp3) is 0.571. The van der Waals surface area contributed by atoms with E-state index in [0.29, 0.717) is 0 Å². The molecule has 1 heteroatoms. The van der Waals surface area contributed by atoms with Crippen LogP contribution in [0.5, 0.6) is 0 Å². The van der Waals surface area contributed by atoms with Gasteiger partial charge in [0.05, 0.1) is 0 Å². The summed E-state index contributed by atoms with van der Waals surface area (Å²) in [7, 11) is 0. The molecule has 0 amide bonds. The Labute approximate surface area is 96.6 Å². The Bertz CT molecular complexity index is 406. The molecule has 0 radical (unpaired) electrons. The van der Waals surface area contributed by atoms with Gasteiger partial charge in [-0.25, -0.2) is 0 Å². The van der Waals surface area contributed by atoms with Crippen LogP contribution in [0.15, 0.2) is 6.07 Å². The van der Waals surface area contributed by atoms with Gasteiger partial charge in [-0.1, -0.05) is 18.5 Å². The molecule has 3 rings (SSSR count). The second-order valence-electron chi connectivity index (χ2n) is 5.04. The molecule has 0 nitrogen and oxygen atoms in total. The van der Waals surface area contributed by atoms with E-state index >= 15 is 0 Å². The van der Waals surface area contributed by atoms with E-state index in [1.165, 1.54) is 44.1 Å². The van der Waals surface area contributed by atoms with Crippen molar-refractivity contribution in [2.24, 2.45) is 0 Å². The Morgan fingerprint density at radius 3 is 2.80 bits per heavy atom. The van der Waals surface area contributed by atoms with E-state index in [4.69, 9.17) is 11.6 Å². The van der Waals surface area contributed by atoms with E-state index in [1.54, 1.807) is 16.7 Å². The number of fused-ring (bicyclic) bond motifs is 3. The van der Waals surface area contributed by atoms with Crippen LogP contribution < -0.4 is 0 Å². The van der Waals surface area contributed by atoms with Gasteiger partial charge in [0.1, 0.15) is 0 Å². The van der Waals surface area contributed by atoms with E-state index in [0.717, 1.165) is 10.9 Å². The smallest absolute Gasteiger partial charge is 0.0443 e. The van der Waals surface area contributed by atoms with Gasteiger partial charge in [0.15, 0.2) is 0 Å². The Balaban J connectivity index is 2.23. The van der Waals surface area contributed by atoms with Crippen LogP contribution in [0.4, 0.5) is 0 Å². The quantitative estimate of drug-likeness (QED) is 0.613. The summed E-state index contributed by atoms with van der Waals surface area (Å²) in [4.78, 5) is 0. The second kappa shape index (κ2) is 3.52. The number of rotatable bonds is 0. The van der Waals surface area contributed by atoms with Crippen LogP contribution in [-0.4, -0.2) is 0 Å². The van der Waals surface area contributed by atoms with Gasteiger partial charge in [-0.15, -0.1) is 0 Å². The lowest BCUT2D eigenvalue weighted by molar-refractivity contribution is 0.666. The van der Waals surface area contributed by atoms with Gasteiger partial charge in [0.25, 0.3) is 0 Å². The van der Waals surface area contributed by atoms with Crippen molar-refractivity contribution in [1.29, 1.82) is 0 Å².